The second-order valence-corrected chi connectivity index (χ2v) is 6.23. The van der Waals surface area contributed by atoms with E-state index in [0.29, 0.717) is 11.3 Å². The number of aromatic nitrogens is 5. The number of nitrogens with zero attached hydrogens (tertiary/aromatic N) is 5. The van der Waals surface area contributed by atoms with Gasteiger partial charge in [0.05, 0.1) is 18.1 Å². The Morgan fingerprint density at radius 1 is 1.18 bits per heavy atom. The van der Waals surface area contributed by atoms with E-state index in [1.165, 1.54) is 12.3 Å². The maximum atomic E-state index is 13.6. The summed E-state index contributed by atoms with van der Waals surface area (Å²) in [6, 6.07) is 10.2. The van der Waals surface area contributed by atoms with Gasteiger partial charge in [-0.1, -0.05) is 30.3 Å². The Balaban J connectivity index is 1.72. The molecule has 0 aliphatic carbocycles. The summed E-state index contributed by atoms with van der Waals surface area (Å²) >= 11 is 0. The summed E-state index contributed by atoms with van der Waals surface area (Å²) in [6.45, 7) is 0.254. The topological polar surface area (TPSA) is 77.1 Å². The number of hydrogen-bond acceptors (Lipinski definition) is 4. The predicted molar refractivity (Wildman–Crippen MR) is 97.8 cm³/mol. The van der Waals surface area contributed by atoms with Gasteiger partial charge in [-0.25, -0.2) is 18.3 Å². The minimum atomic E-state index is -2.76. The molecule has 0 atom stereocenters. The molecule has 0 radical (unpaired) electrons. The molecular formula is C19H16F2N6O. The van der Waals surface area contributed by atoms with Crippen molar-refractivity contribution in [2.45, 2.75) is 13.0 Å². The number of aryl methyl sites for hydroxylation is 1. The van der Waals surface area contributed by atoms with E-state index in [2.05, 4.69) is 20.5 Å². The van der Waals surface area contributed by atoms with Crippen molar-refractivity contribution in [3.05, 3.63) is 71.8 Å². The van der Waals surface area contributed by atoms with Crippen molar-refractivity contribution < 1.29 is 13.6 Å². The molecule has 1 aromatic carbocycles. The first-order chi connectivity index (χ1) is 13.5. The Morgan fingerprint density at radius 3 is 2.64 bits per heavy atom. The van der Waals surface area contributed by atoms with E-state index >= 15 is 0 Å². The lowest BCUT2D eigenvalue weighted by Gasteiger charge is -2.08. The van der Waals surface area contributed by atoms with Gasteiger partial charge in [0.15, 0.2) is 5.65 Å². The number of fused-ring (bicyclic) bond motifs is 1. The van der Waals surface area contributed by atoms with E-state index in [0.717, 1.165) is 10.1 Å². The van der Waals surface area contributed by atoms with Crippen LogP contribution in [0.3, 0.4) is 0 Å². The molecule has 0 aliphatic rings. The summed E-state index contributed by atoms with van der Waals surface area (Å²) in [6.07, 6.45) is 1.90. The quantitative estimate of drug-likeness (QED) is 0.576. The minimum absolute atomic E-state index is 0.0836. The van der Waals surface area contributed by atoms with Crippen molar-refractivity contribution in [2.24, 2.45) is 7.05 Å². The molecule has 1 N–H and O–H groups in total. The summed E-state index contributed by atoms with van der Waals surface area (Å²) in [4.78, 5) is 17.0. The second kappa shape index (κ2) is 7.18. The average molecular weight is 382 g/mol. The van der Waals surface area contributed by atoms with Crippen LogP contribution in [0.25, 0.3) is 16.9 Å². The van der Waals surface area contributed by atoms with E-state index < -0.39 is 12.3 Å². The first kappa shape index (κ1) is 17.8. The summed E-state index contributed by atoms with van der Waals surface area (Å²) in [7, 11) is 1.78. The monoisotopic (exact) mass is 382 g/mol. The fraction of sp³-hybridized carbons (Fsp3) is 0.158. The van der Waals surface area contributed by atoms with Crippen LogP contribution in [0.2, 0.25) is 0 Å². The first-order valence-electron chi connectivity index (χ1n) is 8.51. The molecule has 0 saturated heterocycles. The van der Waals surface area contributed by atoms with Crippen LogP contribution in [0.15, 0.2) is 55.0 Å². The SMILES string of the molecule is Cn1cc(CNC(=O)c2cnn3c(C(F)F)cc(-c4ccccc4)nc23)cn1. The van der Waals surface area contributed by atoms with Gasteiger partial charge < -0.3 is 5.32 Å². The number of alkyl halides is 2. The molecule has 7 nitrogen and oxygen atoms in total. The number of hydrogen-bond donors (Lipinski definition) is 1. The van der Waals surface area contributed by atoms with Crippen LogP contribution in [0, 0.1) is 0 Å². The third-order valence-electron chi connectivity index (χ3n) is 4.25. The fourth-order valence-electron chi connectivity index (χ4n) is 2.90. The molecule has 0 fully saturated rings. The molecular weight excluding hydrogens is 366 g/mol. The molecule has 0 unspecified atom stereocenters. The molecule has 142 valence electrons. The standard InChI is InChI=1S/C19H16F2N6O/c1-26-11-12(9-23-26)8-22-19(28)14-10-24-27-16(17(20)21)7-15(25-18(14)27)13-5-3-2-4-6-13/h2-7,9-11,17H,8H2,1H3,(H,22,28). The van der Waals surface area contributed by atoms with E-state index in [4.69, 9.17) is 0 Å². The molecule has 3 aromatic heterocycles. The van der Waals surface area contributed by atoms with Crippen molar-refractivity contribution in [3.63, 3.8) is 0 Å². The zero-order valence-electron chi connectivity index (χ0n) is 14.9. The zero-order chi connectivity index (χ0) is 19.7. The summed E-state index contributed by atoms with van der Waals surface area (Å²) in [5.74, 6) is -0.447. The number of rotatable bonds is 5. The average Bonchev–Trinajstić information content (AvgIpc) is 3.32. The van der Waals surface area contributed by atoms with Crippen LogP contribution in [0.1, 0.15) is 28.0 Å². The Morgan fingerprint density at radius 2 is 1.96 bits per heavy atom. The van der Waals surface area contributed by atoms with Crippen molar-refractivity contribution in [1.82, 2.24) is 29.7 Å². The van der Waals surface area contributed by atoms with Gasteiger partial charge in [0.1, 0.15) is 11.3 Å². The highest BCUT2D eigenvalue weighted by molar-refractivity contribution is 5.99. The van der Waals surface area contributed by atoms with Crippen molar-refractivity contribution >= 4 is 11.6 Å². The molecule has 4 aromatic rings. The van der Waals surface area contributed by atoms with Crippen molar-refractivity contribution in [1.29, 1.82) is 0 Å². The number of nitrogens with one attached hydrogen (secondary N) is 1. The molecule has 0 bridgehead atoms. The van der Waals surface area contributed by atoms with Crippen LogP contribution in [-0.2, 0) is 13.6 Å². The third kappa shape index (κ3) is 3.34. The highest BCUT2D eigenvalue weighted by Gasteiger charge is 2.21. The van der Waals surface area contributed by atoms with Gasteiger partial charge in [-0.3, -0.25) is 9.48 Å². The molecule has 1 amide bonds. The number of benzene rings is 1. The lowest BCUT2D eigenvalue weighted by atomic mass is 10.1. The predicted octanol–water partition coefficient (Wildman–Crippen LogP) is 3.00. The van der Waals surface area contributed by atoms with Gasteiger partial charge in [0.2, 0.25) is 0 Å². The molecule has 3 heterocycles. The highest BCUT2D eigenvalue weighted by atomic mass is 19.3. The Kier molecular flexibility index (Phi) is 4.56. The Labute approximate surface area is 158 Å². The Hall–Kier alpha value is -3.62. The minimum Gasteiger partial charge on any atom is -0.348 e. The van der Waals surface area contributed by atoms with Crippen LogP contribution in [0.4, 0.5) is 8.78 Å². The molecule has 4 rings (SSSR count). The molecule has 0 saturated carbocycles. The van der Waals surface area contributed by atoms with Gasteiger partial charge in [-0.15, -0.1) is 0 Å². The summed E-state index contributed by atoms with van der Waals surface area (Å²) in [5, 5.41) is 10.7. The van der Waals surface area contributed by atoms with Crippen molar-refractivity contribution in [2.75, 3.05) is 0 Å². The first-order valence-corrected chi connectivity index (χ1v) is 8.51. The molecule has 9 heteroatoms. The largest absolute Gasteiger partial charge is 0.348 e. The summed E-state index contributed by atoms with van der Waals surface area (Å²) in [5.41, 5.74) is 1.73. The van der Waals surface area contributed by atoms with Gasteiger partial charge in [-0.05, 0) is 6.07 Å². The second-order valence-electron chi connectivity index (χ2n) is 6.23. The number of carbonyl (C=O) groups is 1. The summed E-state index contributed by atoms with van der Waals surface area (Å²) < 4.78 is 29.8. The maximum Gasteiger partial charge on any atom is 0.280 e. The van der Waals surface area contributed by atoms with Crippen LogP contribution in [-0.4, -0.2) is 30.3 Å². The van der Waals surface area contributed by atoms with Crippen molar-refractivity contribution in [3.8, 4) is 11.3 Å². The molecule has 0 aliphatic heterocycles. The van der Waals surface area contributed by atoms with E-state index in [1.54, 1.807) is 48.4 Å². The van der Waals surface area contributed by atoms with Gasteiger partial charge >= 0.3 is 0 Å². The highest BCUT2D eigenvalue weighted by Crippen LogP contribution is 2.26. The lowest BCUT2D eigenvalue weighted by Crippen LogP contribution is -2.22. The van der Waals surface area contributed by atoms with Crippen LogP contribution in [0.5, 0.6) is 0 Å². The van der Waals surface area contributed by atoms with Crippen LogP contribution < -0.4 is 5.32 Å². The van der Waals surface area contributed by atoms with Crippen LogP contribution >= 0.6 is 0 Å². The smallest absolute Gasteiger partial charge is 0.280 e. The normalized spacial score (nSPS) is 11.3. The molecule has 28 heavy (non-hydrogen) atoms. The van der Waals surface area contributed by atoms with Gasteiger partial charge in [-0.2, -0.15) is 10.2 Å². The number of amides is 1. The van der Waals surface area contributed by atoms with Gasteiger partial charge in [0.25, 0.3) is 12.3 Å². The van der Waals surface area contributed by atoms with E-state index in [1.807, 2.05) is 6.07 Å². The maximum absolute atomic E-state index is 13.6. The fourth-order valence-corrected chi connectivity index (χ4v) is 2.90. The lowest BCUT2D eigenvalue weighted by molar-refractivity contribution is 0.0952. The van der Waals surface area contributed by atoms with E-state index in [-0.39, 0.29) is 23.4 Å². The van der Waals surface area contributed by atoms with Gasteiger partial charge in [0, 0.05) is 30.9 Å². The Bertz CT molecular complexity index is 1140. The molecule has 0 spiro atoms. The third-order valence-corrected chi connectivity index (χ3v) is 4.25. The van der Waals surface area contributed by atoms with E-state index in [9.17, 15) is 13.6 Å². The zero-order valence-corrected chi connectivity index (χ0v) is 14.9. The number of carbonyl (C=O) groups excluding carboxylic acids is 1. The number of halogens is 2.